The monoisotopic (exact) mass is 413 g/mol. The number of aromatic nitrogens is 1. The molecule has 3 rings (SSSR count). The van der Waals surface area contributed by atoms with Crippen molar-refractivity contribution >= 4 is 32.6 Å². The Kier molecular flexibility index (Phi) is 6.43. The third-order valence-electron chi connectivity index (χ3n) is 4.59. The molecule has 2 aromatic carbocycles. The van der Waals surface area contributed by atoms with Gasteiger partial charge in [0.2, 0.25) is 10.0 Å². The van der Waals surface area contributed by atoms with E-state index < -0.39 is 10.0 Å². The number of benzene rings is 2. The quantitative estimate of drug-likeness (QED) is 0.354. The van der Waals surface area contributed by atoms with E-state index >= 15 is 0 Å². The number of hydrogen-bond acceptors (Lipinski definition) is 3. The molecular weight excluding hydrogens is 386 g/mol. The lowest BCUT2D eigenvalue weighted by molar-refractivity contribution is 0.606. The number of guanidine groups is 1. The topological polar surface area (TPSA) is 98.4 Å². The molecule has 29 heavy (non-hydrogen) atoms. The largest absolute Gasteiger partial charge is 0.361 e. The molecule has 0 saturated heterocycles. The molecule has 0 atom stereocenters. The van der Waals surface area contributed by atoms with Crippen molar-refractivity contribution in [2.24, 2.45) is 4.99 Å². The zero-order chi connectivity index (χ0) is 20.9. The molecule has 7 nitrogen and oxygen atoms in total. The van der Waals surface area contributed by atoms with Crippen LogP contribution in [0.5, 0.6) is 0 Å². The van der Waals surface area contributed by atoms with E-state index in [1.54, 1.807) is 19.2 Å². The van der Waals surface area contributed by atoms with Gasteiger partial charge in [-0.1, -0.05) is 30.3 Å². The van der Waals surface area contributed by atoms with Crippen LogP contribution in [0.15, 0.2) is 53.7 Å². The summed E-state index contributed by atoms with van der Waals surface area (Å²) in [5.74, 6) is 0.662. The van der Waals surface area contributed by atoms with Crippen molar-refractivity contribution in [3.8, 4) is 0 Å². The molecule has 0 bridgehead atoms. The number of H-pyrrole nitrogens is 1. The molecular formula is C21H27N5O2S. The SMILES string of the molecule is CN=C(NCCc1c[nH]c2cc(C)ccc12)NCc1ccccc1NS(C)(=O)=O. The van der Waals surface area contributed by atoms with Gasteiger partial charge in [0.15, 0.2) is 5.96 Å². The summed E-state index contributed by atoms with van der Waals surface area (Å²) in [6, 6.07) is 13.7. The first-order valence-corrected chi connectivity index (χ1v) is 11.3. The van der Waals surface area contributed by atoms with Crippen molar-refractivity contribution in [2.75, 3.05) is 24.6 Å². The summed E-state index contributed by atoms with van der Waals surface area (Å²) in [5.41, 5.74) is 5.04. The minimum absolute atomic E-state index is 0.449. The molecule has 8 heteroatoms. The van der Waals surface area contributed by atoms with Gasteiger partial charge in [-0.2, -0.15) is 0 Å². The number of nitrogens with zero attached hydrogens (tertiary/aromatic N) is 1. The lowest BCUT2D eigenvalue weighted by atomic mass is 10.1. The van der Waals surface area contributed by atoms with Gasteiger partial charge in [-0.3, -0.25) is 9.71 Å². The Labute approximate surface area is 171 Å². The van der Waals surface area contributed by atoms with Gasteiger partial charge in [0.1, 0.15) is 0 Å². The summed E-state index contributed by atoms with van der Waals surface area (Å²) >= 11 is 0. The summed E-state index contributed by atoms with van der Waals surface area (Å²) in [4.78, 5) is 7.57. The fraction of sp³-hybridized carbons (Fsp3) is 0.286. The van der Waals surface area contributed by atoms with E-state index in [0.29, 0.717) is 18.2 Å². The maximum absolute atomic E-state index is 11.5. The number of nitrogens with one attached hydrogen (secondary N) is 4. The highest BCUT2D eigenvalue weighted by Gasteiger charge is 2.08. The van der Waals surface area contributed by atoms with E-state index in [0.717, 1.165) is 30.3 Å². The zero-order valence-corrected chi connectivity index (χ0v) is 17.7. The first kappa shape index (κ1) is 20.7. The van der Waals surface area contributed by atoms with Crippen molar-refractivity contribution in [1.29, 1.82) is 0 Å². The lowest BCUT2D eigenvalue weighted by Gasteiger charge is -2.14. The van der Waals surface area contributed by atoms with Crippen LogP contribution < -0.4 is 15.4 Å². The van der Waals surface area contributed by atoms with Crippen LogP contribution in [0.1, 0.15) is 16.7 Å². The fourth-order valence-corrected chi connectivity index (χ4v) is 3.79. The van der Waals surface area contributed by atoms with Gasteiger partial charge in [0, 0.05) is 37.2 Å². The van der Waals surface area contributed by atoms with Crippen molar-refractivity contribution in [1.82, 2.24) is 15.6 Å². The van der Waals surface area contributed by atoms with Crippen LogP contribution in [0, 0.1) is 6.92 Å². The molecule has 0 spiro atoms. The van der Waals surface area contributed by atoms with E-state index in [4.69, 9.17) is 0 Å². The molecule has 1 aromatic heterocycles. The van der Waals surface area contributed by atoms with E-state index in [1.807, 2.05) is 12.1 Å². The number of anilines is 1. The summed E-state index contributed by atoms with van der Waals surface area (Å²) in [5, 5.41) is 7.78. The normalized spacial score (nSPS) is 12.2. The summed E-state index contributed by atoms with van der Waals surface area (Å²) in [6.07, 6.45) is 4.05. The lowest BCUT2D eigenvalue weighted by Crippen LogP contribution is -2.38. The Morgan fingerprint density at radius 1 is 1.10 bits per heavy atom. The van der Waals surface area contributed by atoms with Crippen LogP contribution in [0.3, 0.4) is 0 Å². The molecule has 0 amide bonds. The van der Waals surface area contributed by atoms with Crippen molar-refractivity contribution in [3.05, 3.63) is 65.4 Å². The maximum Gasteiger partial charge on any atom is 0.229 e. The second-order valence-electron chi connectivity index (χ2n) is 7.00. The molecule has 0 saturated carbocycles. The molecule has 0 radical (unpaired) electrons. The predicted octanol–water partition coefficient (Wildman–Crippen LogP) is 2.76. The Balaban J connectivity index is 1.56. The number of aryl methyl sites for hydroxylation is 1. The summed E-state index contributed by atoms with van der Waals surface area (Å²) in [7, 11) is -1.62. The number of hydrogen-bond donors (Lipinski definition) is 4. The van der Waals surface area contributed by atoms with Gasteiger partial charge in [-0.05, 0) is 42.2 Å². The van der Waals surface area contributed by atoms with Gasteiger partial charge < -0.3 is 15.6 Å². The molecule has 0 aliphatic carbocycles. The highest BCUT2D eigenvalue weighted by atomic mass is 32.2. The Bertz CT molecular complexity index is 1120. The molecule has 0 fully saturated rings. The zero-order valence-electron chi connectivity index (χ0n) is 16.9. The minimum Gasteiger partial charge on any atom is -0.361 e. The van der Waals surface area contributed by atoms with Crippen LogP contribution in [-0.2, 0) is 23.0 Å². The smallest absolute Gasteiger partial charge is 0.229 e. The van der Waals surface area contributed by atoms with Crippen molar-refractivity contribution in [2.45, 2.75) is 19.9 Å². The average Bonchev–Trinajstić information content (AvgIpc) is 3.06. The highest BCUT2D eigenvalue weighted by molar-refractivity contribution is 7.92. The Hall–Kier alpha value is -3.00. The molecule has 1 heterocycles. The fourth-order valence-electron chi connectivity index (χ4n) is 3.20. The van der Waals surface area contributed by atoms with E-state index in [1.165, 1.54) is 16.5 Å². The number of aromatic amines is 1. The van der Waals surface area contributed by atoms with Crippen LogP contribution in [-0.4, -0.2) is 39.2 Å². The van der Waals surface area contributed by atoms with Crippen LogP contribution >= 0.6 is 0 Å². The Morgan fingerprint density at radius 3 is 2.66 bits per heavy atom. The molecule has 0 aliphatic heterocycles. The van der Waals surface area contributed by atoms with Crippen LogP contribution in [0.4, 0.5) is 5.69 Å². The van der Waals surface area contributed by atoms with Gasteiger partial charge in [-0.15, -0.1) is 0 Å². The summed E-state index contributed by atoms with van der Waals surface area (Å²) < 4.78 is 25.6. The third-order valence-corrected chi connectivity index (χ3v) is 5.18. The average molecular weight is 414 g/mol. The highest BCUT2D eigenvalue weighted by Crippen LogP contribution is 2.19. The molecule has 4 N–H and O–H groups in total. The number of rotatable bonds is 7. The summed E-state index contributed by atoms with van der Waals surface area (Å²) in [6.45, 7) is 3.26. The van der Waals surface area contributed by atoms with Crippen LogP contribution in [0.25, 0.3) is 10.9 Å². The maximum atomic E-state index is 11.5. The number of fused-ring (bicyclic) bond motifs is 1. The van der Waals surface area contributed by atoms with Gasteiger partial charge >= 0.3 is 0 Å². The third kappa shape index (κ3) is 5.74. The molecule has 3 aromatic rings. The van der Waals surface area contributed by atoms with Gasteiger partial charge in [0.25, 0.3) is 0 Å². The predicted molar refractivity (Wildman–Crippen MR) is 120 cm³/mol. The first-order chi connectivity index (χ1) is 13.9. The van der Waals surface area contributed by atoms with Gasteiger partial charge in [0.05, 0.1) is 11.9 Å². The second-order valence-corrected chi connectivity index (χ2v) is 8.75. The van der Waals surface area contributed by atoms with Gasteiger partial charge in [-0.25, -0.2) is 8.42 Å². The molecule has 154 valence electrons. The van der Waals surface area contributed by atoms with E-state index in [2.05, 4.69) is 56.7 Å². The number of aliphatic imine (C=N–C) groups is 1. The molecule has 0 unspecified atom stereocenters. The number of para-hydroxylation sites is 1. The van der Waals surface area contributed by atoms with Crippen molar-refractivity contribution in [3.63, 3.8) is 0 Å². The minimum atomic E-state index is -3.33. The second kappa shape index (κ2) is 9.00. The van der Waals surface area contributed by atoms with E-state index in [9.17, 15) is 8.42 Å². The molecule has 0 aliphatic rings. The van der Waals surface area contributed by atoms with Crippen LogP contribution in [0.2, 0.25) is 0 Å². The standard InChI is InChI=1S/C21H27N5O2S/c1-15-8-9-18-16(13-24-20(18)12-15)10-11-23-21(22-2)25-14-17-6-4-5-7-19(17)26-29(3,27)28/h4-9,12-13,24,26H,10-11,14H2,1-3H3,(H2,22,23,25). The number of sulfonamides is 1. The first-order valence-electron chi connectivity index (χ1n) is 9.42. The Morgan fingerprint density at radius 2 is 1.90 bits per heavy atom. The van der Waals surface area contributed by atoms with E-state index in [-0.39, 0.29) is 0 Å². The van der Waals surface area contributed by atoms with Crippen molar-refractivity contribution < 1.29 is 8.42 Å².